The van der Waals surface area contributed by atoms with E-state index in [2.05, 4.69) is 15.3 Å². The highest BCUT2D eigenvalue weighted by Gasteiger charge is 2.28. The minimum absolute atomic E-state index is 0.0410. The molecule has 0 saturated carbocycles. The van der Waals surface area contributed by atoms with Crippen molar-refractivity contribution in [2.45, 2.75) is 6.18 Å². The summed E-state index contributed by atoms with van der Waals surface area (Å²) in [6, 6.07) is 8.39. The molecule has 0 bridgehead atoms. The van der Waals surface area contributed by atoms with Gasteiger partial charge in [0.2, 0.25) is 0 Å². The molecule has 1 N–H and O–H groups in total. The number of nitrogens with one attached hydrogen (secondary N) is 1. The summed E-state index contributed by atoms with van der Waals surface area (Å²) in [6.07, 6.45) is -3.17. The Kier molecular flexibility index (Phi) is 4.63. The maximum atomic E-state index is 13.2. The highest BCUT2D eigenvalue weighted by molar-refractivity contribution is 6.31. The zero-order valence-electron chi connectivity index (χ0n) is 12.4. The topological polar surface area (TPSA) is 47.0 Å². The number of fused-ring (bicyclic) bond motifs is 1. The number of ether oxygens (including phenoxy) is 1. The fourth-order valence-electron chi connectivity index (χ4n) is 2.10. The van der Waals surface area contributed by atoms with Crippen LogP contribution in [0.1, 0.15) is 0 Å². The second-order valence-electron chi connectivity index (χ2n) is 5.06. The third-order valence-corrected chi connectivity index (χ3v) is 3.48. The van der Waals surface area contributed by atoms with E-state index in [0.29, 0.717) is 22.4 Å². The second-order valence-corrected chi connectivity index (χ2v) is 5.47. The SMILES string of the molecule is Fc1ccc(Nc2ncnc3cc(OCC(F)(F)F)ccc23)cc1Cl. The smallest absolute Gasteiger partial charge is 0.422 e. The first-order valence-electron chi connectivity index (χ1n) is 6.98. The second kappa shape index (κ2) is 6.72. The van der Waals surface area contributed by atoms with Crippen molar-refractivity contribution >= 4 is 34.0 Å². The number of halogens is 5. The lowest BCUT2D eigenvalue weighted by molar-refractivity contribution is -0.153. The Hall–Kier alpha value is -2.61. The number of aromatic nitrogens is 2. The van der Waals surface area contributed by atoms with Crippen LogP contribution in [0.25, 0.3) is 10.9 Å². The van der Waals surface area contributed by atoms with Gasteiger partial charge in [-0.2, -0.15) is 13.2 Å². The predicted molar refractivity (Wildman–Crippen MR) is 85.8 cm³/mol. The molecule has 0 fully saturated rings. The molecule has 0 unspecified atom stereocenters. The molecule has 0 saturated heterocycles. The summed E-state index contributed by atoms with van der Waals surface area (Å²) >= 11 is 5.73. The molecule has 130 valence electrons. The largest absolute Gasteiger partial charge is 0.484 e. The lowest BCUT2D eigenvalue weighted by atomic mass is 10.2. The summed E-state index contributed by atoms with van der Waals surface area (Å²) in [5.74, 6) is -0.111. The Labute approximate surface area is 144 Å². The van der Waals surface area contributed by atoms with Gasteiger partial charge in [-0.05, 0) is 30.3 Å². The van der Waals surface area contributed by atoms with Gasteiger partial charge in [-0.15, -0.1) is 0 Å². The predicted octanol–water partition coefficient (Wildman–Crippen LogP) is 5.11. The lowest BCUT2D eigenvalue weighted by Crippen LogP contribution is -2.19. The molecule has 25 heavy (non-hydrogen) atoms. The van der Waals surface area contributed by atoms with Gasteiger partial charge in [-0.1, -0.05) is 11.6 Å². The number of hydrogen-bond acceptors (Lipinski definition) is 4. The Morgan fingerprint density at radius 1 is 1.08 bits per heavy atom. The monoisotopic (exact) mass is 371 g/mol. The van der Waals surface area contributed by atoms with Gasteiger partial charge in [0.1, 0.15) is 23.7 Å². The van der Waals surface area contributed by atoms with Crippen molar-refractivity contribution in [3.05, 3.63) is 53.6 Å². The van der Waals surface area contributed by atoms with E-state index in [1.807, 2.05) is 0 Å². The molecule has 1 heterocycles. The van der Waals surface area contributed by atoms with Gasteiger partial charge >= 0.3 is 6.18 Å². The van der Waals surface area contributed by atoms with E-state index in [9.17, 15) is 17.6 Å². The fraction of sp³-hybridized carbons (Fsp3) is 0.125. The van der Waals surface area contributed by atoms with Crippen LogP contribution in [0.4, 0.5) is 29.1 Å². The Morgan fingerprint density at radius 2 is 1.88 bits per heavy atom. The standard InChI is InChI=1S/C16H10ClF4N3O/c17-12-5-9(1-4-13(12)18)24-15-11-3-2-10(25-7-16(19,20)21)6-14(11)22-8-23-15/h1-6,8H,7H2,(H,22,23,24). The van der Waals surface area contributed by atoms with Gasteiger partial charge in [-0.3, -0.25) is 0 Å². The fourth-order valence-corrected chi connectivity index (χ4v) is 2.28. The van der Waals surface area contributed by atoms with Gasteiger partial charge in [0.15, 0.2) is 6.61 Å². The first kappa shape index (κ1) is 17.2. The van der Waals surface area contributed by atoms with Gasteiger partial charge in [-0.25, -0.2) is 14.4 Å². The lowest BCUT2D eigenvalue weighted by Gasteiger charge is -2.11. The summed E-state index contributed by atoms with van der Waals surface area (Å²) < 4.78 is 54.6. The molecule has 0 atom stereocenters. The minimum atomic E-state index is -4.42. The van der Waals surface area contributed by atoms with E-state index in [-0.39, 0.29) is 10.8 Å². The van der Waals surface area contributed by atoms with Gasteiger partial charge in [0.05, 0.1) is 10.5 Å². The van der Waals surface area contributed by atoms with Crippen LogP contribution in [0.15, 0.2) is 42.7 Å². The molecular formula is C16H10ClF4N3O. The van der Waals surface area contributed by atoms with Crippen molar-refractivity contribution in [3.63, 3.8) is 0 Å². The summed E-state index contributed by atoms with van der Waals surface area (Å²) in [7, 11) is 0. The summed E-state index contributed by atoms with van der Waals surface area (Å²) in [5, 5.41) is 3.48. The maximum Gasteiger partial charge on any atom is 0.422 e. The quantitative estimate of drug-likeness (QED) is 0.648. The van der Waals surface area contributed by atoms with Crippen LogP contribution in [0.3, 0.4) is 0 Å². The van der Waals surface area contributed by atoms with Crippen molar-refractivity contribution in [2.75, 3.05) is 11.9 Å². The molecule has 0 amide bonds. The molecule has 9 heteroatoms. The van der Waals surface area contributed by atoms with Gasteiger partial charge in [0, 0.05) is 17.1 Å². The molecule has 1 aromatic heterocycles. The molecule has 3 aromatic rings. The van der Waals surface area contributed by atoms with E-state index in [0.717, 1.165) is 0 Å². The highest BCUT2D eigenvalue weighted by Crippen LogP contribution is 2.28. The van der Waals surface area contributed by atoms with Crippen molar-refractivity contribution < 1.29 is 22.3 Å². The van der Waals surface area contributed by atoms with Crippen LogP contribution in [0.5, 0.6) is 5.75 Å². The van der Waals surface area contributed by atoms with Crippen molar-refractivity contribution in [1.82, 2.24) is 9.97 Å². The van der Waals surface area contributed by atoms with Crippen LogP contribution < -0.4 is 10.1 Å². The summed E-state index contributed by atoms with van der Waals surface area (Å²) in [4.78, 5) is 8.11. The average molecular weight is 372 g/mol. The molecule has 0 aliphatic heterocycles. The van der Waals surface area contributed by atoms with Crippen LogP contribution in [0, 0.1) is 5.82 Å². The van der Waals surface area contributed by atoms with E-state index in [4.69, 9.17) is 16.3 Å². The van der Waals surface area contributed by atoms with E-state index in [1.54, 1.807) is 0 Å². The zero-order chi connectivity index (χ0) is 18.0. The summed E-state index contributed by atoms with van der Waals surface area (Å²) in [6.45, 7) is -1.39. The van der Waals surface area contributed by atoms with E-state index >= 15 is 0 Å². The molecule has 0 spiro atoms. The number of alkyl halides is 3. The highest BCUT2D eigenvalue weighted by atomic mass is 35.5. The molecule has 0 aliphatic carbocycles. The number of hydrogen-bond donors (Lipinski definition) is 1. The summed E-state index contributed by atoms with van der Waals surface area (Å²) in [5.41, 5.74) is 0.897. The van der Waals surface area contributed by atoms with Crippen LogP contribution in [-0.2, 0) is 0 Å². The third kappa shape index (κ3) is 4.27. The number of rotatable bonds is 4. The maximum absolute atomic E-state index is 13.2. The number of nitrogens with zero attached hydrogens (tertiary/aromatic N) is 2. The van der Waals surface area contributed by atoms with E-state index in [1.165, 1.54) is 42.7 Å². The van der Waals surface area contributed by atoms with Crippen molar-refractivity contribution in [3.8, 4) is 5.75 Å². The Morgan fingerprint density at radius 3 is 2.60 bits per heavy atom. The van der Waals surface area contributed by atoms with Gasteiger partial charge < -0.3 is 10.1 Å². The van der Waals surface area contributed by atoms with Gasteiger partial charge in [0.25, 0.3) is 0 Å². The van der Waals surface area contributed by atoms with Crippen molar-refractivity contribution in [2.24, 2.45) is 0 Å². The number of anilines is 2. The minimum Gasteiger partial charge on any atom is -0.484 e. The van der Waals surface area contributed by atoms with Crippen LogP contribution >= 0.6 is 11.6 Å². The molecule has 4 nitrogen and oxygen atoms in total. The van der Waals surface area contributed by atoms with Crippen LogP contribution in [-0.4, -0.2) is 22.8 Å². The van der Waals surface area contributed by atoms with Crippen molar-refractivity contribution in [1.29, 1.82) is 0 Å². The molecule has 0 aliphatic rings. The van der Waals surface area contributed by atoms with Crippen LogP contribution in [0.2, 0.25) is 5.02 Å². The molecule has 2 aromatic carbocycles. The molecule has 3 rings (SSSR count). The first-order valence-corrected chi connectivity index (χ1v) is 7.36. The zero-order valence-corrected chi connectivity index (χ0v) is 13.2. The average Bonchev–Trinajstić information content (AvgIpc) is 2.56. The Balaban J connectivity index is 1.88. The number of benzene rings is 2. The molecular weight excluding hydrogens is 362 g/mol. The Bertz CT molecular complexity index is 918. The van der Waals surface area contributed by atoms with E-state index < -0.39 is 18.6 Å². The molecule has 0 radical (unpaired) electrons. The third-order valence-electron chi connectivity index (χ3n) is 3.19. The normalized spacial score (nSPS) is 11.6. The first-order chi connectivity index (χ1) is 11.8.